The van der Waals surface area contributed by atoms with Crippen LogP contribution >= 0.6 is 12.2 Å². The summed E-state index contributed by atoms with van der Waals surface area (Å²) in [6, 6.07) is 14.2. The first-order chi connectivity index (χ1) is 10.5. The summed E-state index contributed by atoms with van der Waals surface area (Å²) >= 11 is 5.22. The molecule has 0 aliphatic rings. The van der Waals surface area contributed by atoms with Gasteiger partial charge >= 0.3 is 0 Å². The lowest BCUT2D eigenvalue weighted by atomic mass is 10.2. The quantitative estimate of drug-likeness (QED) is 0.813. The number of rotatable bonds is 5. The zero-order valence-electron chi connectivity index (χ0n) is 12.6. The van der Waals surface area contributed by atoms with Gasteiger partial charge in [0.15, 0.2) is 5.11 Å². The van der Waals surface area contributed by atoms with Gasteiger partial charge in [-0.15, -0.1) is 0 Å². The average molecular weight is 318 g/mol. The molecule has 0 heterocycles. The van der Waals surface area contributed by atoms with E-state index < -0.39 is 0 Å². The Kier molecular flexibility index (Phi) is 5.72. The lowest BCUT2D eigenvalue weighted by molar-refractivity contribution is 0.242. The summed E-state index contributed by atoms with van der Waals surface area (Å²) in [6.07, 6.45) is 0.112. The molecule has 22 heavy (non-hydrogen) atoms. The predicted octanol–water partition coefficient (Wildman–Crippen LogP) is 4.10. The van der Waals surface area contributed by atoms with E-state index in [1.165, 1.54) is 6.07 Å². The van der Waals surface area contributed by atoms with E-state index in [1.54, 1.807) is 18.2 Å². The van der Waals surface area contributed by atoms with Crippen LogP contribution in [-0.4, -0.2) is 11.2 Å². The standard InChI is InChI=1S/C17H19FN2OS/c1-12(2)21-15-8-5-7-14(10-15)20-17(22)19-11-13-6-3-4-9-16(13)18/h3-10,12H,11H2,1-2H3,(H2,19,20,22). The topological polar surface area (TPSA) is 33.3 Å². The summed E-state index contributed by atoms with van der Waals surface area (Å²) in [6.45, 7) is 4.28. The summed E-state index contributed by atoms with van der Waals surface area (Å²) in [5.41, 5.74) is 1.40. The Bertz CT molecular complexity index is 646. The van der Waals surface area contributed by atoms with Crippen molar-refractivity contribution in [3.63, 3.8) is 0 Å². The predicted molar refractivity (Wildman–Crippen MR) is 91.7 cm³/mol. The van der Waals surface area contributed by atoms with Crippen molar-refractivity contribution in [2.24, 2.45) is 0 Å². The Hall–Kier alpha value is -2.14. The molecule has 0 unspecified atom stereocenters. The molecule has 0 fully saturated rings. The highest BCUT2D eigenvalue weighted by Crippen LogP contribution is 2.18. The van der Waals surface area contributed by atoms with Crippen LogP contribution in [0.4, 0.5) is 10.1 Å². The summed E-state index contributed by atoms with van der Waals surface area (Å²) < 4.78 is 19.1. The first kappa shape index (κ1) is 16.2. The number of hydrogen-bond acceptors (Lipinski definition) is 2. The highest BCUT2D eigenvalue weighted by atomic mass is 32.1. The maximum atomic E-state index is 13.5. The molecule has 2 N–H and O–H groups in total. The van der Waals surface area contributed by atoms with Crippen LogP contribution in [0.1, 0.15) is 19.4 Å². The third-order valence-corrected chi connectivity index (χ3v) is 3.11. The average Bonchev–Trinajstić information content (AvgIpc) is 2.46. The lowest BCUT2D eigenvalue weighted by Crippen LogP contribution is -2.28. The van der Waals surface area contributed by atoms with Crippen molar-refractivity contribution >= 4 is 23.0 Å². The van der Waals surface area contributed by atoms with Crippen LogP contribution in [0, 0.1) is 5.82 Å². The van der Waals surface area contributed by atoms with Gasteiger partial charge < -0.3 is 15.4 Å². The maximum Gasteiger partial charge on any atom is 0.171 e. The monoisotopic (exact) mass is 318 g/mol. The Morgan fingerprint density at radius 2 is 1.95 bits per heavy atom. The van der Waals surface area contributed by atoms with Crippen LogP contribution in [-0.2, 0) is 6.54 Å². The normalized spacial score (nSPS) is 10.4. The molecule has 5 heteroatoms. The molecule has 116 valence electrons. The van der Waals surface area contributed by atoms with Gasteiger partial charge in [0.05, 0.1) is 6.10 Å². The minimum absolute atomic E-state index is 0.112. The molecular weight excluding hydrogens is 299 g/mol. The number of anilines is 1. The van der Waals surface area contributed by atoms with Crippen LogP contribution < -0.4 is 15.4 Å². The van der Waals surface area contributed by atoms with Crippen molar-refractivity contribution in [3.05, 3.63) is 59.9 Å². The zero-order chi connectivity index (χ0) is 15.9. The Labute approximate surface area is 135 Å². The van der Waals surface area contributed by atoms with Gasteiger partial charge in [0, 0.05) is 23.9 Å². The molecular formula is C17H19FN2OS. The first-order valence-electron chi connectivity index (χ1n) is 7.09. The van der Waals surface area contributed by atoms with E-state index in [0.29, 0.717) is 17.2 Å². The molecule has 0 atom stereocenters. The minimum Gasteiger partial charge on any atom is -0.491 e. The van der Waals surface area contributed by atoms with Gasteiger partial charge in [-0.1, -0.05) is 24.3 Å². The molecule has 0 aliphatic carbocycles. The number of halogens is 1. The van der Waals surface area contributed by atoms with Gasteiger partial charge in [-0.25, -0.2) is 4.39 Å². The molecule has 0 bridgehead atoms. The van der Waals surface area contributed by atoms with Crippen molar-refractivity contribution in [1.29, 1.82) is 0 Å². The Morgan fingerprint density at radius 1 is 1.18 bits per heavy atom. The third-order valence-electron chi connectivity index (χ3n) is 2.86. The second-order valence-corrected chi connectivity index (χ2v) is 5.50. The largest absolute Gasteiger partial charge is 0.491 e. The molecule has 0 saturated carbocycles. The van der Waals surface area contributed by atoms with Crippen LogP contribution in [0.15, 0.2) is 48.5 Å². The molecule has 0 aromatic heterocycles. The number of hydrogen-bond donors (Lipinski definition) is 2. The molecule has 0 spiro atoms. The van der Waals surface area contributed by atoms with Crippen molar-refractivity contribution < 1.29 is 9.13 Å². The SMILES string of the molecule is CC(C)Oc1cccc(NC(=S)NCc2ccccc2F)c1. The van der Waals surface area contributed by atoms with Crippen LogP contribution in [0.5, 0.6) is 5.75 Å². The maximum absolute atomic E-state index is 13.5. The fourth-order valence-corrected chi connectivity index (χ4v) is 2.10. The Balaban J connectivity index is 1.91. The molecule has 2 rings (SSSR count). The summed E-state index contributed by atoms with van der Waals surface area (Å²) in [5.74, 6) is 0.530. The van der Waals surface area contributed by atoms with Crippen LogP contribution in [0.3, 0.4) is 0 Å². The fourth-order valence-electron chi connectivity index (χ4n) is 1.91. The van der Waals surface area contributed by atoms with E-state index in [2.05, 4.69) is 10.6 Å². The van der Waals surface area contributed by atoms with Gasteiger partial charge in [0.25, 0.3) is 0 Å². The summed E-state index contributed by atoms with van der Waals surface area (Å²) in [4.78, 5) is 0. The number of nitrogens with one attached hydrogen (secondary N) is 2. The van der Waals surface area contributed by atoms with Crippen LogP contribution in [0.25, 0.3) is 0 Å². The number of benzene rings is 2. The molecule has 0 radical (unpaired) electrons. The molecule has 3 nitrogen and oxygen atoms in total. The van der Waals surface area contributed by atoms with E-state index in [0.717, 1.165) is 11.4 Å². The van der Waals surface area contributed by atoms with E-state index in [-0.39, 0.29) is 11.9 Å². The van der Waals surface area contributed by atoms with Crippen molar-refractivity contribution in [3.8, 4) is 5.75 Å². The summed E-state index contributed by atoms with van der Waals surface area (Å²) in [5, 5.41) is 6.49. The number of ether oxygens (including phenoxy) is 1. The summed E-state index contributed by atoms with van der Waals surface area (Å²) in [7, 11) is 0. The van der Waals surface area contributed by atoms with Gasteiger partial charge in [-0.3, -0.25) is 0 Å². The van der Waals surface area contributed by atoms with Crippen molar-refractivity contribution in [1.82, 2.24) is 5.32 Å². The second kappa shape index (κ2) is 7.75. The second-order valence-electron chi connectivity index (χ2n) is 5.09. The zero-order valence-corrected chi connectivity index (χ0v) is 13.4. The smallest absolute Gasteiger partial charge is 0.171 e. The highest BCUT2D eigenvalue weighted by Gasteiger charge is 2.03. The van der Waals surface area contributed by atoms with Crippen molar-refractivity contribution in [2.75, 3.05) is 5.32 Å². The van der Waals surface area contributed by atoms with Crippen LogP contribution in [0.2, 0.25) is 0 Å². The number of thiocarbonyl (C=S) groups is 1. The first-order valence-corrected chi connectivity index (χ1v) is 7.50. The molecule has 0 saturated heterocycles. The molecule has 0 amide bonds. The van der Waals surface area contributed by atoms with E-state index in [1.807, 2.05) is 38.1 Å². The van der Waals surface area contributed by atoms with E-state index in [9.17, 15) is 4.39 Å². The van der Waals surface area contributed by atoms with E-state index in [4.69, 9.17) is 17.0 Å². The van der Waals surface area contributed by atoms with Gasteiger partial charge in [0.2, 0.25) is 0 Å². The van der Waals surface area contributed by atoms with Crippen molar-refractivity contribution in [2.45, 2.75) is 26.5 Å². The molecule has 2 aromatic carbocycles. The van der Waals surface area contributed by atoms with Gasteiger partial charge in [0.1, 0.15) is 11.6 Å². The van der Waals surface area contributed by atoms with E-state index >= 15 is 0 Å². The minimum atomic E-state index is -0.245. The highest BCUT2D eigenvalue weighted by molar-refractivity contribution is 7.80. The van der Waals surface area contributed by atoms with Gasteiger partial charge in [-0.05, 0) is 44.3 Å². The van der Waals surface area contributed by atoms with Gasteiger partial charge in [-0.2, -0.15) is 0 Å². The third kappa shape index (κ3) is 5.00. The molecule has 0 aliphatic heterocycles. The Morgan fingerprint density at radius 3 is 2.68 bits per heavy atom. The fraction of sp³-hybridized carbons (Fsp3) is 0.235. The lowest BCUT2D eigenvalue weighted by Gasteiger charge is -2.13. The molecule has 2 aromatic rings.